The van der Waals surface area contributed by atoms with Crippen molar-refractivity contribution in [3.63, 3.8) is 0 Å². The highest BCUT2D eigenvalue weighted by molar-refractivity contribution is 5.72. The van der Waals surface area contributed by atoms with Crippen LogP contribution in [0, 0.1) is 11.3 Å². The monoisotopic (exact) mass is 257 g/mol. The smallest absolute Gasteiger partial charge is 0.309 e. The topological polar surface area (TPSA) is 52.3 Å². The molecular weight excluding hydrogens is 226 g/mol. The molecule has 0 rings (SSSR count). The lowest BCUT2D eigenvalue weighted by molar-refractivity contribution is -0.161. The summed E-state index contributed by atoms with van der Waals surface area (Å²) in [4.78, 5) is 12.2. The van der Waals surface area contributed by atoms with Gasteiger partial charge in [-0.3, -0.25) is 4.79 Å². The van der Waals surface area contributed by atoms with Crippen LogP contribution >= 0.6 is 0 Å². The zero-order chi connectivity index (χ0) is 14.4. The molecule has 1 unspecified atom stereocenters. The minimum Gasteiger partial charge on any atom is -0.460 e. The molecule has 1 atom stereocenters. The molecular formula is C15H31NO2. The second-order valence-electron chi connectivity index (χ2n) is 7.28. The van der Waals surface area contributed by atoms with E-state index in [0.717, 1.165) is 25.7 Å². The third kappa shape index (κ3) is 9.46. The molecule has 18 heavy (non-hydrogen) atoms. The Bertz CT molecular complexity index is 248. The van der Waals surface area contributed by atoms with Gasteiger partial charge in [-0.05, 0) is 52.0 Å². The molecule has 0 amide bonds. The van der Waals surface area contributed by atoms with Crippen LogP contribution < -0.4 is 5.73 Å². The molecule has 0 aromatic heterocycles. The number of esters is 1. The van der Waals surface area contributed by atoms with E-state index in [2.05, 4.69) is 20.8 Å². The highest BCUT2D eigenvalue weighted by atomic mass is 16.6. The summed E-state index contributed by atoms with van der Waals surface area (Å²) >= 11 is 0. The molecule has 0 aromatic carbocycles. The summed E-state index contributed by atoms with van der Waals surface area (Å²) < 4.78 is 5.51. The van der Waals surface area contributed by atoms with Crippen molar-refractivity contribution in [2.75, 3.05) is 6.54 Å². The van der Waals surface area contributed by atoms with Crippen LogP contribution in [0.3, 0.4) is 0 Å². The van der Waals surface area contributed by atoms with E-state index in [1.54, 1.807) is 0 Å². The zero-order valence-electron chi connectivity index (χ0n) is 13.0. The van der Waals surface area contributed by atoms with Crippen LogP contribution in [0.25, 0.3) is 0 Å². The Morgan fingerprint density at radius 3 is 2.06 bits per heavy atom. The summed E-state index contributed by atoms with van der Waals surface area (Å²) in [5.74, 6) is -0.0646. The number of hydrogen-bond acceptors (Lipinski definition) is 3. The molecule has 0 bridgehead atoms. The van der Waals surface area contributed by atoms with Gasteiger partial charge in [-0.2, -0.15) is 0 Å². The van der Waals surface area contributed by atoms with Crippen molar-refractivity contribution < 1.29 is 9.53 Å². The van der Waals surface area contributed by atoms with E-state index < -0.39 is 5.60 Å². The lowest BCUT2D eigenvalue weighted by atomic mass is 9.82. The molecule has 3 nitrogen and oxygen atoms in total. The van der Waals surface area contributed by atoms with Gasteiger partial charge < -0.3 is 10.5 Å². The van der Waals surface area contributed by atoms with Gasteiger partial charge in [0.2, 0.25) is 0 Å². The van der Waals surface area contributed by atoms with Crippen molar-refractivity contribution in [1.29, 1.82) is 0 Å². The maximum Gasteiger partial charge on any atom is 0.309 e. The molecule has 0 aliphatic heterocycles. The van der Waals surface area contributed by atoms with Gasteiger partial charge in [-0.1, -0.05) is 27.2 Å². The highest BCUT2D eigenvalue weighted by Gasteiger charge is 2.28. The predicted octanol–water partition coefficient (Wildman–Crippen LogP) is 3.51. The molecule has 0 radical (unpaired) electrons. The van der Waals surface area contributed by atoms with Gasteiger partial charge in [-0.25, -0.2) is 0 Å². The zero-order valence-corrected chi connectivity index (χ0v) is 13.0. The maximum atomic E-state index is 12.2. The lowest BCUT2D eigenvalue weighted by Crippen LogP contribution is -2.31. The van der Waals surface area contributed by atoms with E-state index in [0.29, 0.717) is 6.54 Å². The van der Waals surface area contributed by atoms with Gasteiger partial charge in [0.1, 0.15) is 5.60 Å². The fourth-order valence-electron chi connectivity index (χ4n) is 1.96. The summed E-state index contributed by atoms with van der Waals surface area (Å²) in [6, 6.07) is 0. The van der Waals surface area contributed by atoms with E-state index >= 15 is 0 Å². The third-order valence-corrected chi connectivity index (χ3v) is 2.61. The SMILES string of the molecule is CC(C)(C)CC(CCCCN)C(=O)OC(C)(C)C. The average Bonchev–Trinajstić information content (AvgIpc) is 2.11. The Kier molecular flexibility index (Phi) is 6.90. The van der Waals surface area contributed by atoms with Gasteiger partial charge >= 0.3 is 5.97 Å². The first-order chi connectivity index (χ1) is 8.05. The first-order valence-electron chi connectivity index (χ1n) is 6.98. The van der Waals surface area contributed by atoms with Gasteiger partial charge in [-0.15, -0.1) is 0 Å². The van der Waals surface area contributed by atoms with Crippen LogP contribution in [0.1, 0.15) is 67.2 Å². The summed E-state index contributed by atoms with van der Waals surface area (Å²) in [7, 11) is 0. The highest BCUT2D eigenvalue weighted by Crippen LogP contribution is 2.29. The largest absolute Gasteiger partial charge is 0.460 e. The third-order valence-electron chi connectivity index (χ3n) is 2.61. The fourth-order valence-corrected chi connectivity index (χ4v) is 1.96. The van der Waals surface area contributed by atoms with Crippen molar-refractivity contribution in [2.45, 2.75) is 72.8 Å². The average molecular weight is 257 g/mol. The molecule has 0 aliphatic rings. The summed E-state index contributed by atoms with van der Waals surface area (Å²) in [5, 5.41) is 0. The number of nitrogens with two attached hydrogens (primary N) is 1. The van der Waals surface area contributed by atoms with Crippen molar-refractivity contribution in [3.8, 4) is 0 Å². The van der Waals surface area contributed by atoms with Crippen LogP contribution in [-0.4, -0.2) is 18.1 Å². The van der Waals surface area contributed by atoms with E-state index in [1.807, 2.05) is 20.8 Å². The minimum absolute atomic E-state index is 0.00391. The molecule has 0 saturated carbocycles. The Morgan fingerprint density at radius 2 is 1.67 bits per heavy atom. The first-order valence-corrected chi connectivity index (χ1v) is 6.98. The van der Waals surface area contributed by atoms with E-state index in [1.165, 1.54) is 0 Å². The quantitative estimate of drug-likeness (QED) is 0.585. The molecule has 3 heteroatoms. The van der Waals surface area contributed by atoms with Crippen molar-refractivity contribution in [3.05, 3.63) is 0 Å². The molecule has 0 saturated heterocycles. The summed E-state index contributed by atoms with van der Waals surface area (Å²) in [6.45, 7) is 12.9. The maximum absolute atomic E-state index is 12.2. The number of ether oxygens (including phenoxy) is 1. The number of unbranched alkanes of at least 4 members (excludes halogenated alkanes) is 1. The first kappa shape index (κ1) is 17.4. The number of carbonyl (C=O) groups is 1. The van der Waals surface area contributed by atoms with E-state index in [4.69, 9.17) is 10.5 Å². The van der Waals surface area contributed by atoms with Gasteiger partial charge in [0.15, 0.2) is 0 Å². The lowest BCUT2D eigenvalue weighted by Gasteiger charge is -2.28. The van der Waals surface area contributed by atoms with Gasteiger partial charge in [0, 0.05) is 0 Å². The number of rotatable bonds is 6. The summed E-state index contributed by atoms with van der Waals surface area (Å²) in [6.07, 6.45) is 3.72. The predicted molar refractivity (Wildman–Crippen MR) is 76.3 cm³/mol. The molecule has 108 valence electrons. The molecule has 0 fully saturated rings. The van der Waals surface area contributed by atoms with Crippen LogP contribution in [0.2, 0.25) is 0 Å². The molecule has 0 aromatic rings. The Morgan fingerprint density at radius 1 is 1.11 bits per heavy atom. The van der Waals surface area contributed by atoms with Crippen molar-refractivity contribution in [2.24, 2.45) is 17.1 Å². The molecule has 2 N–H and O–H groups in total. The number of carbonyl (C=O) groups excluding carboxylic acids is 1. The van der Waals surface area contributed by atoms with Crippen molar-refractivity contribution >= 4 is 5.97 Å². The second-order valence-corrected chi connectivity index (χ2v) is 7.28. The van der Waals surface area contributed by atoms with E-state index in [-0.39, 0.29) is 17.3 Å². The standard InChI is InChI=1S/C15H31NO2/c1-14(2,3)11-12(9-7-8-10-16)13(17)18-15(4,5)6/h12H,7-11,16H2,1-6H3. The molecule has 0 heterocycles. The Labute approximate surface area is 112 Å². The van der Waals surface area contributed by atoms with Gasteiger partial charge in [0.05, 0.1) is 5.92 Å². The van der Waals surface area contributed by atoms with Crippen molar-refractivity contribution in [1.82, 2.24) is 0 Å². The number of hydrogen-bond donors (Lipinski definition) is 1. The Balaban J connectivity index is 4.49. The Hall–Kier alpha value is -0.570. The molecule has 0 spiro atoms. The van der Waals surface area contributed by atoms with Crippen LogP contribution in [-0.2, 0) is 9.53 Å². The molecule has 0 aliphatic carbocycles. The van der Waals surface area contributed by atoms with Crippen LogP contribution in [0.5, 0.6) is 0 Å². The normalized spacial score (nSPS) is 14.4. The van der Waals surface area contributed by atoms with Crippen LogP contribution in [0.4, 0.5) is 0 Å². The van der Waals surface area contributed by atoms with Crippen LogP contribution in [0.15, 0.2) is 0 Å². The van der Waals surface area contributed by atoms with E-state index in [9.17, 15) is 4.79 Å². The van der Waals surface area contributed by atoms with Gasteiger partial charge in [0.25, 0.3) is 0 Å². The fraction of sp³-hybridized carbons (Fsp3) is 0.933. The second kappa shape index (κ2) is 7.13. The minimum atomic E-state index is -0.402. The summed E-state index contributed by atoms with van der Waals surface area (Å²) in [5.41, 5.74) is 5.25.